The predicted molar refractivity (Wildman–Crippen MR) is 84.0 cm³/mol. The van der Waals surface area contributed by atoms with Gasteiger partial charge in [-0.25, -0.2) is 0 Å². The van der Waals surface area contributed by atoms with Crippen molar-refractivity contribution in [2.24, 2.45) is 0 Å². The van der Waals surface area contributed by atoms with E-state index in [1.165, 1.54) is 27.8 Å². The Morgan fingerprint density at radius 1 is 1.20 bits per heavy atom. The van der Waals surface area contributed by atoms with E-state index < -0.39 is 0 Å². The van der Waals surface area contributed by atoms with Gasteiger partial charge in [0.05, 0.1) is 13.1 Å². The molecular formula is C17H16N2S. The third kappa shape index (κ3) is 2.39. The normalized spacial score (nSPS) is 13.1. The number of nitrogens with zero attached hydrogens (tertiary/aromatic N) is 2. The van der Waals surface area contributed by atoms with Crippen LogP contribution in [0.15, 0.2) is 42.5 Å². The maximum absolute atomic E-state index is 9.14. The fourth-order valence-electron chi connectivity index (χ4n) is 2.77. The molecule has 0 unspecified atom stereocenters. The summed E-state index contributed by atoms with van der Waals surface area (Å²) in [5.41, 5.74) is 6.48. The Morgan fingerprint density at radius 2 is 2.00 bits per heavy atom. The van der Waals surface area contributed by atoms with Crippen LogP contribution < -0.4 is 0 Å². The van der Waals surface area contributed by atoms with Crippen LogP contribution in [0, 0.1) is 11.5 Å². The molecule has 2 aromatic carbocycles. The van der Waals surface area contributed by atoms with Crippen LogP contribution in [-0.4, -0.2) is 11.2 Å². The first kappa shape index (κ1) is 13.1. The van der Waals surface area contributed by atoms with Crippen molar-refractivity contribution < 1.29 is 0 Å². The Kier molecular flexibility index (Phi) is 3.66. The van der Waals surface area contributed by atoms with Gasteiger partial charge in [-0.2, -0.15) is 17.0 Å². The summed E-state index contributed by atoms with van der Waals surface area (Å²) < 4.78 is 0. The third-order valence-corrected chi connectivity index (χ3v) is 4.27. The van der Waals surface area contributed by atoms with Crippen LogP contribution in [0.25, 0.3) is 11.1 Å². The number of rotatable bonds is 3. The molecule has 3 heteroatoms. The molecule has 1 heterocycles. The van der Waals surface area contributed by atoms with Gasteiger partial charge in [0, 0.05) is 5.75 Å². The standard InChI is InChI=1S/C17H16N2S/c1-20-11-13-7-15-9-19(12-18)10-17(15)16(8-13)14-5-3-2-4-6-14/h2-8H,9-11H2,1H3. The topological polar surface area (TPSA) is 27.0 Å². The lowest BCUT2D eigenvalue weighted by Gasteiger charge is -2.11. The monoisotopic (exact) mass is 280 g/mol. The van der Waals surface area contributed by atoms with E-state index >= 15 is 0 Å². The van der Waals surface area contributed by atoms with Gasteiger partial charge in [0.2, 0.25) is 0 Å². The van der Waals surface area contributed by atoms with E-state index in [0.717, 1.165) is 18.8 Å². The van der Waals surface area contributed by atoms with Gasteiger partial charge in [0.1, 0.15) is 0 Å². The molecule has 1 aliphatic rings. The molecule has 0 saturated carbocycles. The minimum atomic E-state index is 0.732. The molecule has 0 amide bonds. The average Bonchev–Trinajstić information content (AvgIpc) is 2.91. The van der Waals surface area contributed by atoms with Crippen molar-refractivity contribution in [3.05, 3.63) is 59.2 Å². The van der Waals surface area contributed by atoms with Crippen LogP contribution in [0.3, 0.4) is 0 Å². The first-order valence-corrected chi connectivity index (χ1v) is 8.05. The minimum absolute atomic E-state index is 0.732. The molecule has 3 rings (SSSR count). The second-order valence-electron chi connectivity index (χ2n) is 5.04. The van der Waals surface area contributed by atoms with Crippen LogP contribution >= 0.6 is 11.8 Å². The second-order valence-corrected chi connectivity index (χ2v) is 5.90. The summed E-state index contributed by atoms with van der Waals surface area (Å²) in [6.45, 7) is 1.48. The van der Waals surface area contributed by atoms with E-state index in [4.69, 9.17) is 5.26 Å². The van der Waals surface area contributed by atoms with E-state index in [1.807, 2.05) is 22.7 Å². The fraction of sp³-hybridized carbons (Fsp3) is 0.235. The van der Waals surface area contributed by atoms with Crippen LogP contribution in [0.4, 0.5) is 0 Å². The zero-order valence-corrected chi connectivity index (χ0v) is 12.3. The van der Waals surface area contributed by atoms with Crippen molar-refractivity contribution in [3.63, 3.8) is 0 Å². The summed E-state index contributed by atoms with van der Waals surface area (Å²) in [6, 6.07) is 15.0. The molecule has 0 atom stereocenters. The van der Waals surface area contributed by atoms with Crippen LogP contribution in [0.2, 0.25) is 0 Å². The first-order valence-electron chi connectivity index (χ1n) is 6.65. The molecule has 20 heavy (non-hydrogen) atoms. The molecule has 0 fully saturated rings. The molecule has 0 aliphatic carbocycles. The Hall–Kier alpha value is -1.92. The van der Waals surface area contributed by atoms with E-state index in [9.17, 15) is 0 Å². The summed E-state index contributed by atoms with van der Waals surface area (Å²) in [6.07, 6.45) is 4.39. The average molecular weight is 280 g/mol. The Morgan fingerprint density at radius 3 is 2.70 bits per heavy atom. The number of hydrogen-bond donors (Lipinski definition) is 0. The number of hydrogen-bond acceptors (Lipinski definition) is 3. The SMILES string of the molecule is CSCc1cc2c(c(-c3ccccc3)c1)CN(C#N)C2. The van der Waals surface area contributed by atoms with Crippen molar-refractivity contribution in [1.82, 2.24) is 4.90 Å². The van der Waals surface area contributed by atoms with Crippen LogP contribution in [0.5, 0.6) is 0 Å². The van der Waals surface area contributed by atoms with Crippen molar-refractivity contribution in [2.45, 2.75) is 18.8 Å². The quantitative estimate of drug-likeness (QED) is 0.795. The summed E-state index contributed by atoms with van der Waals surface area (Å²) in [5, 5.41) is 9.14. The Labute approximate surface area is 124 Å². The number of nitriles is 1. The van der Waals surface area contributed by atoms with Gasteiger partial charge in [0.15, 0.2) is 6.19 Å². The zero-order valence-electron chi connectivity index (χ0n) is 11.5. The highest BCUT2D eigenvalue weighted by atomic mass is 32.2. The number of thioether (sulfide) groups is 1. The number of fused-ring (bicyclic) bond motifs is 1. The fourth-order valence-corrected chi connectivity index (χ4v) is 3.27. The number of benzene rings is 2. The van der Waals surface area contributed by atoms with Gasteiger partial charge < -0.3 is 4.90 Å². The molecule has 0 aromatic heterocycles. The predicted octanol–water partition coefficient (Wildman–Crippen LogP) is 4.01. The van der Waals surface area contributed by atoms with Gasteiger partial charge in [-0.05, 0) is 40.1 Å². The molecule has 0 radical (unpaired) electrons. The molecule has 2 aromatic rings. The highest BCUT2D eigenvalue weighted by molar-refractivity contribution is 7.97. The molecule has 0 N–H and O–H groups in total. The molecule has 0 spiro atoms. The smallest absolute Gasteiger partial charge is 0.179 e. The van der Waals surface area contributed by atoms with Gasteiger partial charge >= 0.3 is 0 Å². The second kappa shape index (κ2) is 5.60. The van der Waals surface area contributed by atoms with E-state index in [1.54, 1.807) is 0 Å². The summed E-state index contributed by atoms with van der Waals surface area (Å²) in [5.74, 6) is 1.01. The lowest BCUT2D eigenvalue weighted by molar-refractivity contribution is 0.417. The van der Waals surface area contributed by atoms with Crippen molar-refractivity contribution in [2.75, 3.05) is 6.26 Å². The molecular weight excluding hydrogens is 264 g/mol. The van der Waals surface area contributed by atoms with E-state index in [2.05, 4.69) is 48.8 Å². The van der Waals surface area contributed by atoms with E-state index in [0.29, 0.717) is 0 Å². The summed E-state index contributed by atoms with van der Waals surface area (Å²) in [7, 11) is 0. The highest BCUT2D eigenvalue weighted by Gasteiger charge is 2.22. The van der Waals surface area contributed by atoms with Gasteiger partial charge in [0.25, 0.3) is 0 Å². The lowest BCUT2D eigenvalue weighted by Crippen LogP contribution is -2.07. The molecule has 100 valence electrons. The lowest BCUT2D eigenvalue weighted by atomic mass is 9.95. The maximum Gasteiger partial charge on any atom is 0.179 e. The first-order chi connectivity index (χ1) is 9.81. The maximum atomic E-state index is 9.14. The molecule has 2 nitrogen and oxygen atoms in total. The summed E-state index contributed by atoms with van der Waals surface area (Å²) >= 11 is 1.83. The van der Waals surface area contributed by atoms with Gasteiger partial charge in [-0.15, -0.1) is 0 Å². The van der Waals surface area contributed by atoms with Crippen molar-refractivity contribution >= 4 is 11.8 Å². The molecule has 1 aliphatic heterocycles. The summed E-state index contributed by atoms with van der Waals surface area (Å²) in [4.78, 5) is 1.82. The van der Waals surface area contributed by atoms with Gasteiger partial charge in [-0.1, -0.05) is 36.4 Å². The van der Waals surface area contributed by atoms with Crippen LogP contribution in [-0.2, 0) is 18.8 Å². The zero-order chi connectivity index (χ0) is 13.9. The van der Waals surface area contributed by atoms with E-state index in [-0.39, 0.29) is 0 Å². The van der Waals surface area contributed by atoms with Crippen molar-refractivity contribution in [3.8, 4) is 17.3 Å². The highest BCUT2D eigenvalue weighted by Crippen LogP contribution is 2.34. The molecule has 0 saturated heterocycles. The Bertz CT molecular complexity index is 659. The van der Waals surface area contributed by atoms with Crippen LogP contribution in [0.1, 0.15) is 16.7 Å². The van der Waals surface area contributed by atoms with Gasteiger partial charge in [-0.3, -0.25) is 0 Å². The minimum Gasteiger partial charge on any atom is -0.302 e. The Balaban J connectivity index is 2.12. The van der Waals surface area contributed by atoms with Crippen molar-refractivity contribution in [1.29, 1.82) is 5.26 Å². The largest absolute Gasteiger partial charge is 0.302 e. The molecule has 0 bridgehead atoms. The third-order valence-electron chi connectivity index (χ3n) is 3.65.